The van der Waals surface area contributed by atoms with Gasteiger partial charge in [-0.25, -0.2) is 4.79 Å². The van der Waals surface area contributed by atoms with Crippen molar-refractivity contribution >= 4 is 6.16 Å². The molecule has 0 bridgehead atoms. The first-order chi connectivity index (χ1) is 5.22. The second-order valence-electron chi connectivity index (χ2n) is 1.34. The maximum atomic E-state index is 10.2. The normalized spacial score (nSPS) is 6.73. The lowest BCUT2D eigenvalue weighted by molar-refractivity contribution is 0.0630. The van der Waals surface area contributed by atoms with Gasteiger partial charge in [0.15, 0.2) is 0 Å². The molecule has 0 aliphatic rings. The smallest absolute Gasteiger partial charge is 0.435 e. The number of nitriles is 1. The zero-order valence-electron chi connectivity index (χ0n) is 7.09. The molecular weight excluding hydrogens is 146 g/mol. The average Bonchev–Trinajstić information content (AvgIpc) is 1.90. The van der Waals surface area contributed by atoms with Gasteiger partial charge >= 0.3 is 6.16 Å². The number of hydrogen-bond donors (Lipinski definition) is 0. The third-order valence-corrected chi connectivity index (χ3v) is 0.524. The van der Waals surface area contributed by atoms with Gasteiger partial charge in [-0.3, -0.25) is 0 Å². The van der Waals surface area contributed by atoms with Gasteiger partial charge in [0.1, 0.15) is 0 Å². The fourth-order valence-electron chi connectivity index (χ4n) is 0.277. The molecular formula is C7H13NO3. The van der Waals surface area contributed by atoms with Gasteiger partial charge < -0.3 is 9.47 Å². The van der Waals surface area contributed by atoms with Crippen molar-refractivity contribution in [1.82, 2.24) is 0 Å². The van der Waals surface area contributed by atoms with E-state index in [4.69, 9.17) is 5.26 Å². The van der Waals surface area contributed by atoms with Crippen molar-refractivity contribution in [2.45, 2.75) is 20.8 Å². The van der Waals surface area contributed by atoms with Crippen LogP contribution in [0, 0.1) is 11.3 Å². The highest BCUT2D eigenvalue weighted by atomic mass is 16.7. The van der Waals surface area contributed by atoms with Crippen molar-refractivity contribution in [2.24, 2.45) is 0 Å². The molecule has 4 nitrogen and oxygen atoms in total. The molecule has 0 heterocycles. The third-order valence-electron chi connectivity index (χ3n) is 0.524. The fraction of sp³-hybridized carbons (Fsp3) is 0.714. The van der Waals surface area contributed by atoms with E-state index < -0.39 is 6.16 Å². The molecule has 0 N–H and O–H groups in total. The summed E-state index contributed by atoms with van der Waals surface area (Å²) in [5.41, 5.74) is 0. The van der Waals surface area contributed by atoms with Crippen LogP contribution in [0.25, 0.3) is 0 Å². The monoisotopic (exact) mass is 159 g/mol. The highest BCUT2D eigenvalue weighted by Gasteiger charge is 1.96. The highest BCUT2D eigenvalue weighted by molar-refractivity contribution is 5.59. The van der Waals surface area contributed by atoms with Crippen molar-refractivity contribution in [3.63, 3.8) is 0 Å². The van der Waals surface area contributed by atoms with Crippen LogP contribution in [-0.2, 0) is 9.47 Å². The Morgan fingerprint density at radius 1 is 1.36 bits per heavy atom. The number of carbonyl (C=O) groups is 1. The molecule has 0 spiro atoms. The van der Waals surface area contributed by atoms with Crippen LogP contribution in [0.2, 0.25) is 0 Å². The highest BCUT2D eigenvalue weighted by Crippen LogP contribution is 1.81. The van der Waals surface area contributed by atoms with Gasteiger partial charge in [-0.05, 0) is 13.8 Å². The summed E-state index contributed by atoms with van der Waals surface area (Å²) in [5, 5.41) is 7.32. The van der Waals surface area contributed by atoms with E-state index in [0.29, 0.717) is 13.2 Å². The minimum atomic E-state index is -0.588. The Bertz CT molecular complexity index is 120. The molecule has 0 aliphatic carbocycles. The first-order valence-corrected chi connectivity index (χ1v) is 3.33. The van der Waals surface area contributed by atoms with E-state index >= 15 is 0 Å². The molecule has 0 saturated heterocycles. The summed E-state index contributed by atoms with van der Waals surface area (Å²) in [7, 11) is 0. The van der Waals surface area contributed by atoms with Crippen LogP contribution < -0.4 is 0 Å². The van der Waals surface area contributed by atoms with Gasteiger partial charge in [-0.15, -0.1) is 0 Å². The van der Waals surface area contributed by atoms with Crippen LogP contribution >= 0.6 is 0 Å². The van der Waals surface area contributed by atoms with Gasteiger partial charge in [0, 0.05) is 6.92 Å². The minimum Gasteiger partial charge on any atom is -0.435 e. The molecule has 0 amide bonds. The van der Waals surface area contributed by atoms with Gasteiger partial charge in [-0.1, -0.05) is 0 Å². The molecule has 4 heteroatoms. The Balaban J connectivity index is 0. The van der Waals surface area contributed by atoms with E-state index in [9.17, 15) is 4.79 Å². The van der Waals surface area contributed by atoms with Gasteiger partial charge in [0.25, 0.3) is 0 Å². The largest absolute Gasteiger partial charge is 0.508 e. The molecule has 0 atom stereocenters. The second kappa shape index (κ2) is 11.5. The summed E-state index contributed by atoms with van der Waals surface area (Å²) in [5.74, 6) is 0. The average molecular weight is 159 g/mol. The Morgan fingerprint density at radius 2 is 1.64 bits per heavy atom. The number of rotatable bonds is 2. The van der Waals surface area contributed by atoms with Gasteiger partial charge in [0.2, 0.25) is 0 Å². The number of ether oxygens (including phenoxy) is 2. The van der Waals surface area contributed by atoms with E-state index in [0.717, 1.165) is 0 Å². The molecule has 0 aromatic rings. The number of carbonyl (C=O) groups excluding carboxylic acids is 1. The first-order valence-electron chi connectivity index (χ1n) is 3.33. The summed E-state index contributed by atoms with van der Waals surface area (Å²) in [6.45, 7) is 5.64. The standard InChI is InChI=1S/C5H10O3.C2H3N/c1-3-7-5(6)8-4-2;1-2-3/h3-4H2,1-2H3;1H3. The lowest BCUT2D eigenvalue weighted by Crippen LogP contribution is -2.05. The van der Waals surface area contributed by atoms with Crippen LogP contribution in [0.5, 0.6) is 0 Å². The summed E-state index contributed by atoms with van der Waals surface area (Å²) in [6.07, 6.45) is -0.588. The SMILES string of the molecule is CC#N.CCOC(=O)OCC. The molecule has 64 valence electrons. The molecule has 0 aliphatic heterocycles. The Kier molecular flexibility index (Phi) is 13.1. The van der Waals surface area contributed by atoms with E-state index in [1.807, 2.05) is 0 Å². The molecule has 0 saturated carbocycles. The van der Waals surface area contributed by atoms with E-state index in [-0.39, 0.29) is 0 Å². The number of hydrogen-bond acceptors (Lipinski definition) is 4. The Hall–Kier alpha value is -1.24. The summed E-state index contributed by atoms with van der Waals surface area (Å²) in [6, 6.07) is 1.75. The van der Waals surface area contributed by atoms with Crippen LogP contribution in [0.1, 0.15) is 20.8 Å². The third kappa shape index (κ3) is 17.7. The van der Waals surface area contributed by atoms with Crippen molar-refractivity contribution < 1.29 is 14.3 Å². The summed E-state index contributed by atoms with van der Waals surface area (Å²) < 4.78 is 8.84. The van der Waals surface area contributed by atoms with Crippen molar-refractivity contribution in [2.75, 3.05) is 13.2 Å². The van der Waals surface area contributed by atoms with Gasteiger partial charge in [-0.2, -0.15) is 5.26 Å². The lowest BCUT2D eigenvalue weighted by atomic mass is 10.8. The topological polar surface area (TPSA) is 59.3 Å². The Morgan fingerprint density at radius 3 is 1.82 bits per heavy atom. The molecule has 0 aromatic heterocycles. The van der Waals surface area contributed by atoms with Crippen LogP contribution in [0.15, 0.2) is 0 Å². The van der Waals surface area contributed by atoms with Crippen LogP contribution in [0.4, 0.5) is 4.79 Å². The van der Waals surface area contributed by atoms with Crippen LogP contribution in [0.3, 0.4) is 0 Å². The van der Waals surface area contributed by atoms with Crippen molar-refractivity contribution in [3.05, 3.63) is 0 Å². The molecule has 0 rings (SSSR count). The van der Waals surface area contributed by atoms with Crippen molar-refractivity contribution in [1.29, 1.82) is 5.26 Å². The summed E-state index contributed by atoms with van der Waals surface area (Å²) >= 11 is 0. The van der Waals surface area contributed by atoms with E-state index in [2.05, 4.69) is 9.47 Å². The summed E-state index contributed by atoms with van der Waals surface area (Å²) in [4.78, 5) is 10.2. The Labute approximate surface area is 66.7 Å². The minimum absolute atomic E-state index is 0.374. The molecule has 0 fully saturated rings. The zero-order valence-corrected chi connectivity index (χ0v) is 7.09. The maximum Gasteiger partial charge on any atom is 0.508 e. The molecule has 0 aromatic carbocycles. The van der Waals surface area contributed by atoms with Crippen LogP contribution in [-0.4, -0.2) is 19.4 Å². The molecule has 0 radical (unpaired) electrons. The molecule has 0 unspecified atom stereocenters. The predicted octanol–water partition coefficient (Wildman–Crippen LogP) is 1.71. The predicted molar refractivity (Wildman–Crippen MR) is 39.9 cm³/mol. The maximum absolute atomic E-state index is 10.2. The van der Waals surface area contributed by atoms with E-state index in [1.165, 1.54) is 6.92 Å². The lowest BCUT2D eigenvalue weighted by Gasteiger charge is -1.98. The second-order valence-corrected chi connectivity index (χ2v) is 1.34. The quantitative estimate of drug-likeness (QED) is 0.575. The fourth-order valence-corrected chi connectivity index (χ4v) is 0.277. The zero-order chi connectivity index (χ0) is 9.11. The first kappa shape index (κ1) is 12.4. The molecule has 11 heavy (non-hydrogen) atoms. The van der Waals surface area contributed by atoms with E-state index in [1.54, 1.807) is 19.9 Å². The van der Waals surface area contributed by atoms with Crippen molar-refractivity contribution in [3.8, 4) is 6.07 Å². The number of nitrogens with zero attached hydrogens (tertiary/aromatic N) is 1. The van der Waals surface area contributed by atoms with Gasteiger partial charge in [0.05, 0.1) is 19.3 Å².